The largest absolute Gasteiger partial charge is 0.396 e. The highest BCUT2D eigenvalue weighted by Gasteiger charge is 2.28. The van der Waals surface area contributed by atoms with Crippen molar-refractivity contribution in [1.82, 2.24) is 15.1 Å². The maximum Gasteiger partial charge on any atom is 0.193 e. The number of likely N-dealkylation sites (tertiary alicyclic amines) is 1. The zero-order valence-corrected chi connectivity index (χ0v) is 19.3. The van der Waals surface area contributed by atoms with E-state index in [2.05, 4.69) is 49.7 Å². The van der Waals surface area contributed by atoms with Gasteiger partial charge >= 0.3 is 0 Å². The van der Waals surface area contributed by atoms with Crippen LogP contribution in [-0.4, -0.2) is 72.8 Å². The van der Waals surface area contributed by atoms with Crippen LogP contribution < -0.4 is 5.32 Å². The Morgan fingerprint density at radius 2 is 1.96 bits per heavy atom. The van der Waals surface area contributed by atoms with Crippen LogP contribution in [0, 0.1) is 11.8 Å². The third kappa shape index (κ3) is 8.91. The van der Waals surface area contributed by atoms with Crippen LogP contribution in [0.15, 0.2) is 4.99 Å². The first-order chi connectivity index (χ1) is 11.5. The Bertz CT molecular complexity index is 361. The van der Waals surface area contributed by atoms with Crippen LogP contribution in [0.1, 0.15) is 53.9 Å². The number of nitrogens with zero attached hydrogens (tertiary/aromatic N) is 3. The van der Waals surface area contributed by atoms with Crippen LogP contribution in [0.2, 0.25) is 0 Å². The van der Waals surface area contributed by atoms with Crippen molar-refractivity contribution >= 4 is 29.9 Å². The van der Waals surface area contributed by atoms with E-state index in [-0.39, 0.29) is 30.6 Å². The van der Waals surface area contributed by atoms with Gasteiger partial charge in [-0.2, -0.15) is 0 Å². The van der Waals surface area contributed by atoms with Gasteiger partial charge in [-0.15, -0.1) is 24.0 Å². The van der Waals surface area contributed by atoms with Crippen molar-refractivity contribution in [1.29, 1.82) is 0 Å². The third-order valence-electron chi connectivity index (χ3n) is 4.97. The molecule has 0 aliphatic carbocycles. The van der Waals surface area contributed by atoms with Crippen LogP contribution in [-0.2, 0) is 0 Å². The Morgan fingerprint density at radius 1 is 1.28 bits per heavy atom. The van der Waals surface area contributed by atoms with Crippen LogP contribution in [0.5, 0.6) is 0 Å². The molecule has 0 aromatic carbocycles. The monoisotopic (exact) mass is 468 g/mol. The Morgan fingerprint density at radius 3 is 2.48 bits per heavy atom. The molecule has 2 atom stereocenters. The van der Waals surface area contributed by atoms with Crippen LogP contribution >= 0.6 is 24.0 Å². The van der Waals surface area contributed by atoms with Gasteiger partial charge in [-0.25, -0.2) is 0 Å². The van der Waals surface area contributed by atoms with Crippen LogP contribution in [0.3, 0.4) is 0 Å². The molecule has 0 saturated carbocycles. The molecular weight excluding hydrogens is 427 g/mol. The molecule has 1 aliphatic heterocycles. The minimum absolute atomic E-state index is 0. The third-order valence-corrected chi connectivity index (χ3v) is 4.97. The number of aliphatic imine (C=N–C) groups is 1. The van der Waals surface area contributed by atoms with Gasteiger partial charge in [0.25, 0.3) is 0 Å². The van der Waals surface area contributed by atoms with Crippen molar-refractivity contribution in [2.24, 2.45) is 16.8 Å². The Hall–Kier alpha value is -0.0800. The molecule has 1 saturated heterocycles. The molecule has 0 spiro atoms. The Balaban J connectivity index is 0.00000576. The molecule has 5 nitrogen and oxygen atoms in total. The van der Waals surface area contributed by atoms with Gasteiger partial charge in [0.1, 0.15) is 0 Å². The van der Waals surface area contributed by atoms with Crippen molar-refractivity contribution in [2.45, 2.75) is 59.9 Å². The van der Waals surface area contributed by atoms with Gasteiger partial charge < -0.3 is 15.3 Å². The predicted octanol–water partition coefficient (Wildman–Crippen LogP) is 3.03. The molecule has 150 valence electrons. The SMILES string of the molecule is CCNC(=NCC(CCO)CC(C)C)N1CCC(N(CC)CC)C1.I. The topological polar surface area (TPSA) is 51.1 Å². The molecule has 2 unspecified atom stereocenters. The molecule has 6 heteroatoms. The van der Waals surface area contributed by atoms with E-state index in [1.54, 1.807) is 0 Å². The standard InChI is InChI=1S/C19H40N4O.HI/c1-6-20-19(21-14-17(10-12-24)13-16(4)5)23-11-9-18(15-23)22(7-2)8-3;/h16-18,24H,6-15H2,1-5H3,(H,20,21);1H. The van der Waals surface area contributed by atoms with Crippen molar-refractivity contribution in [3.8, 4) is 0 Å². The predicted molar refractivity (Wildman–Crippen MR) is 119 cm³/mol. The van der Waals surface area contributed by atoms with Gasteiger partial charge in [-0.05, 0) is 51.1 Å². The lowest BCUT2D eigenvalue weighted by molar-refractivity contribution is 0.223. The maximum atomic E-state index is 9.30. The number of likely N-dealkylation sites (N-methyl/N-ethyl adjacent to an activating group) is 1. The number of aliphatic hydroxyl groups is 1. The Kier molecular flexibility index (Phi) is 14.0. The number of aliphatic hydroxyl groups excluding tert-OH is 1. The number of hydrogen-bond donors (Lipinski definition) is 2. The van der Waals surface area contributed by atoms with E-state index in [9.17, 15) is 5.11 Å². The normalized spacial score (nSPS) is 19.4. The fourth-order valence-corrected chi connectivity index (χ4v) is 3.75. The van der Waals surface area contributed by atoms with E-state index in [0.717, 1.165) is 58.1 Å². The quantitative estimate of drug-likeness (QED) is 0.294. The summed E-state index contributed by atoms with van der Waals surface area (Å²) in [6.45, 7) is 17.5. The maximum absolute atomic E-state index is 9.30. The summed E-state index contributed by atoms with van der Waals surface area (Å²) in [5.41, 5.74) is 0. The second-order valence-corrected chi connectivity index (χ2v) is 7.31. The molecule has 0 aromatic rings. The Labute approximate surface area is 172 Å². The summed E-state index contributed by atoms with van der Waals surface area (Å²) < 4.78 is 0. The highest BCUT2D eigenvalue weighted by molar-refractivity contribution is 14.0. The highest BCUT2D eigenvalue weighted by Crippen LogP contribution is 2.18. The summed E-state index contributed by atoms with van der Waals surface area (Å²) in [5, 5.41) is 12.8. The lowest BCUT2D eigenvalue weighted by Gasteiger charge is -2.27. The molecule has 1 heterocycles. The molecule has 0 aromatic heterocycles. The number of halogens is 1. The zero-order valence-electron chi connectivity index (χ0n) is 17.0. The fourth-order valence-electron chi connectivity index (χ4n) is 3.75. The van der Waals surface area contributed by atoms with E-state index in [4.69, 9.17) is 4.99 Å². The number of nitrogens with one attached hydrogen (secondary N) is 1. The van der Waals surface area contributed by atoms with E-state index in [1.807, 2.05) is 0 Å². The highest BCUT2D eigenvalue weighted by atomic mass is 127. The molecule has 1 fully saturated rings. The van der Waals surface area contributed by atoms with Crippen molar-refractivity contribution in [2.75, 3.05) is 45.9 Å². The van der Waals surface area contributed by atoms with E-state index >= 15 is 0 Å². The molecule has 2 N–H and O–H groups in total. The molecule has 0 amide bonds. The van der Waals surface area contributed by atoms with Crippen LogP contribution in [0.4, 0.5) is 0 Å². The summed E-state index contributed by atoms with van der Waals surface area (Å²) in [7, 11) is 0. The number of hydrogen-bond acceptors (Lipinski definition) is 3. The molecule has 25 heavy (non-hydrogen) atoms. The van der Waals surface area contributed by atoms with E-state index < -0.39 is 0 Å². The summed E-state index contributed by atoms with van der Waals surface area (Å²) in [4.78, 5) is 9.88. The lowest BCUT2D eigenvalue weighted by Crippen LogP contribution is -2.43. The summed E-state index contributed by atoms with van der Waals surface area (Å²) >= 11 is 0. The van der Waals surface area contributed by atoms with Gasteiger partial charge in [0, 0.05) is 38.8 Å². The van der Waals surface area contributed by atoms with Crippen molar-refractivity contribution in [3.63, 3.8) is 0 Å². The minimum Gasteiger partial charge on any atom is -0.396 e. The van der Waals surface area contributed by atoms with E-state index in [1.165, 1.54) is 6.42 Å². The number of guanidine groups is 1. The molecule has 1 aliphatic rings. The second-order valence-electron chi connectivity index (χ2n) is 7.31. The number of rotatable bonds is 10. The first kappa shape index (κ1) is 24.9. The fraction of sp³-hybridized carbons (Fsp3) is 0.947. The van der Waals surface area contributed by atoms with Gasteiger partial charge in [0.15, 0.2) is 5.96 Å². The smallest absolute Gasteiger partial charge is 0.193 e. The van der Waals surface area contributed by atoms with Crippen LogP contribution in [0.25, 0.3) is 0 Å². The first-order valence-corrected chi connectivity index (χ1v) is 9.93. The van der Waals surface area contributed by atoms with Crippen molar-refractivity contribution in [3.05, 3.63) is 0 Å². The molecular formula is C19H41IN4O. The van der Waals surface area contributed by atoms with Gasteiger partial charge in [-0.1, -0.05) is 27.7 Å². The molecule has 0 bridgehead atoms. The molecule has 0 radical (unpaired) electrons. The summed E-state index contributed by atoms with van der Waals surface area (Å²) in [6, 6.07) is 0.646. The zero-order chi connectivity index (χ0) is 17.9. The average molecular weight is 468 g/mol. The van der Waals surface area contributed by atoms with Gasteiger partial charge in [-0.3, -0.25) is 9.89 Å². The van der Waals surface area contributed by atoms with Gasteiger partial charge in [0.05, 0.1) is 0 Å². The minimum atomic E-state index is 0. The summed E-state index contributed by atoms with van der Waals surface area (Å²) in [6.07, 6.45) is 3.20. The van der Waals surface area contributed by atoms with E-state index in [0.29, 0.717) is 17.9 Å². The van der Waals surface area contributed by atoms with Gasteiger partial charge in [0.2, 0.25) is 0 Å². The second kappa shape index (κ2) is 14.0. The molecule has 1 rings (SSSR count). The van der Waals surface area contributed by atoms with Crippen molar-refractivity contribution < 1.29 is 5.11 Å². The average Bonchev–Trinajstić information content (AvgIpc) is 3.02. The first-order valence-electron chi connectivity index (χ1n) is 9.93. The summed E-state index contributed by atoms with van der Waals surface area (Å²) in [5.74, 6) is 2.18. The lowest BCUT2D eigenvalue weighted by atomic mass is 9.94.